The highest BCUT2D eigenvalue weighted by Gasteiger charge is 2.31. The van der Waals surface area contributed by atoms with Crippen molar-refractivity contribution in [2.75, 3.05) is 14.2 Å². The number of rotatable bonds is 8. The number of carbonyl (C=O) groups is 4. The van der Waals surface area contributed by atoms with Crippen molar-refractivity contribution in [1.29, 1.82) is 0 Å². The molecule has 8 heteroatoms. The van der Waals surface area contributed by atoms with E-state index in [4.69, 9.17) is 9.47 Å². The Labute approximate surface area is 157 Å². The Morgan fingerprint density at radius 1 is 0.778 bits per heavy atom. The van der Waals surface area contributed by atoms with Gasteiger partial charge >= 0.3 is 23.9 Å². The lowest BCUT2D eigenvalue weighted by Crippen LogP contribution is -2.30. The van der Waals surface area contributed by atoms with E-state index in [-0.39, 0.29) is 24.3 Å². The molecule has 2 unspecified atom stereocenters. The zero-order chi connectivity index (χ0) is 20.6. The van der Waals surface area contributed by atoms with E-state index in [0.29, 0.717) is 0 Å². The molecule has 0 bridgehead atoms. The summed E-state index contributed by atoms with van der Waals surface area (Å²) in [4.78, 5) is 47.9. The second kappa shape index (κ2) is 10.3. The van der Waals surface area contributed by atoms with Crippen molar-refractivity contribution in [2.45, 2.75) is 33.6 Å². The minimum atomic E-state index is -1.10. The van der Waals surface area contributed by atoms with Gasteiger partial charge in [0.1, 0.15) is 0 Å². The Morgan fingerprint density at radius 2 is 1.22 bits per heavy atom. The monoisotopic (exact) mass is 380 g/mol. The fourth-order valence-electron chi connectivity index (χ4n) is 2.28. The first-order valence-corrected chi connectivity index (χ1v) is 8.48. The van der Waals surface area contributed by atoms with Crippen LogP contribution >= 0.6 is 0 Å². The van der Waals surface area contributed by atoms with E-state index < -0.39 is 35.7 Å². The third kappa shape index (κ3) is 5.80. The molecule has 0 aliphatic heterocycles. The maximum atomic E-state index is 12.3. The largest absolute Gasteiger partial charge is 0.468 e. The van der Waals surface area contributed by atoms with Gasteiger partial charge in [-0.3, -0.25) is 19.2 Å². The number of aryl methyl sites for hydroxylation is 1. The van der Waals surface area contributed by atoms with Crippen molar-refractivity contribution in [3.05, 3.63) is 23.8 Å². The molecule has 0 fully saturated rings. The minimum absolute atomic E-state index is 0.0320. The smallest absolute Gasteiger partial charge is 0.325 e. The van der Waals surface area contributed by atoms with Crippen molar-refractivity contribution >= 4 is 23.9 Å². The molecule has 0 aliphatic rings. The molecule has 1 rings (SSSR count). The van der Waals surface area contributed by atoms with Crippen LogP contribution in [0.4, 0.5) is 0 Å². The highest BCUT2D eigenvalue weighted by molar-refractivity contribution is 5.97. The quantitative estimate of drug-likeness (QED) is 0.384. The van der Waals surface area contributed by atoms with Crippen LogP contribution in [0.25, 0.3) is 0 Å². The van der Waals surface area contributed by atoms with Gasteiger partial charge in [-0.05, 0) is 37.5 Å². The van der Waals surface area contributed by atoms with Crippen LogP contribution in [0.2, 0.25) is 0 Å². The third-order valence-electron chi connectivity index (χ3n) is 3.88. The highest BCUT2D eigenvalue weighted by Crippen LogP contribution is 2.30. The number of benzene rings is 1. The van der Waals surface area contributed by atoms with Gasteiger partial charge in [-0.25, -0.2) is 0 Å². The normalized spacial score (nSPS) is 12.5. The maximum Gasteiger partial charge on any atom is 0.325 e. The summed E-state index contributed by atoms with van der Waals surface area (Å²) in [5.74, 6) is -5.36. The summed E-state index contributed by atoms with van der Waals surface area (Å²) in [6.45, 7) is 5.03. The number of methoxy groups -OCH3 is 2. The summed E-state index contributed by atoms with van der Waals surface area (Å²) < 4.78 is 19.7. The van der Waals surface area contributed by atoms with E-state index in [1.807, 2.05) is 0 Å². The SMILES string of the molecule is CCC(C(=O)OC)C(=O)Oc1ccc(C)cc1OC(=O)C(CC)C(=O)OC. The van der Waals surface area contributed by atoms with Crippen molar-refractivity contribution in [1.82, 2.24) is 0 Å². The van der Waals surface area contributed by atoms with Gasteiger partial charge in [0.05, 0.1) is 14.2 Å². The summed E-state index contributed by atoms with van der Waals surface area (Å²) in [6, 6.07) is 4.58. The maximum absolute atomic E-state index is 12.3. The molecule has 0 radical (unpaired) electrons. The van der Waals surface area contributed by atoms with Crippen molar-refractivity contribution < 1.29 is 38.1 Å². The summed E-state index contributed by atoms with van der Waals surface area (Å²) in [7, 11) is 2.35. The Kier molecular flexibility index (Phi) is 8.44. The van der Waals surface area contributed by atoms with Crippen LogP contribution in [0.3, 0.4) is 0 Å². The van der Waals surface area contributed by atoms with Crippen LogP contribution < -0.4 is 9.47 Å². The number of esters is 4. The van der Waals surface area contributed by atoms with E-state index in [2.05, 4.69) is 9.47 Å². The van der Waals surface area contributed by atoms with Gasteiger partial charge in [0.15, 0.2) is 23.3 Å². The van der Waals surface area contributed by atoms with E-state index in [0.717, 1.165) is 5.56 Å². The van der Waals surface area contributed by atoms with Crippen LogP contribution in [0.1, 0.15) is 32.3 Å². The van der Waals surface area contributed by atoms with Crippen LogP contribution in [-0.2, 0) is 28.7 Å². The topological polar surface area (TPSA) is 105 Å². The highest BCUT2D eigenvalue weighted by atomic mass is 16.6. The average molecular weight is 380 g/mol. The molecule has 0 aliphatic carbocycles. The fraction of sp³-hybridized carbons (Fsp3) is 0.474. The summed E-state index contributed by atoms with van der Waals surface area (Å²) in [5, 5.41) is 0. The van der Waals surface area contributed by atoms with Crippen LogP contribution in [0.5, 0.6) is 11.5 Å². The molecular formula is C19H24O8. The molecule has 2 atom stereocenters. The molecule has 0 spiro atoms. The van der Waals surface area contributed by atoms with Crippen molar-refractivity contribution in [3.8, 4) is 11.5 Å². The van der Waals surface area contributed by atoms with Gasteiger partial charge in [-0.1, -0.05) is 19.9 Å². The zero-order valence-electron chi connectivity index (χ0n) is 16.1. The Morgan fingerprint density at radius 3 is 1.63 bits per heavy atom. The van der Waals surface area contributed by atoms with E-state index in [1.165, 1.54) is 26.4 Å². The number of ether oxygens (including phenoxy) is 4. The summed E-state index contributed by atoms with van der Waals surface area (Å²) >= 11 is 0. The molecule has 0 amide bonds. The van der Waals surface area contributed by atoms with Crippen LogP contribution in [0.15, 0.2) is 18.2 Å². The zero-order valence-corrected chi connectivity index (χ0v) is 16.1. The van der Waals surface area contributed by atoms with Gasteiger partial charge in [0.2, 0.25) is 0 Å². The van der Waals surface area contributed by atoms with Gasteiger partial charge in [0.25, 0.3) is 0 Å². The Hall–Kier alpha value is -2.90. The summed E-state index contributed by atoms with van der Waals surface area (Å²) in [6.07, 6.45) is 0.374. The van der Waals surface area contributed by atoms with E-state index in [1.54, 1.807) is 26.8 Å². The lowest BCUT2D eigenvalue weighted by molar-refractivity contribution is -0.158. The molecule has 8 nitrogen and oxygen atoms in total. The van der Waals surface area contributed by atoms with Gasteiger partial charge in [-0.2, -0.15) is 0 Å². The molecule has 27 heavy (non-hydrogen) atoms. The molecule has 148 valence electrons. The molecule has 0 saturated carbocycles. The van der Waals surface area contributed by atoms with Crippen LogP contribution in [0, 0.1) is 18.8 Å². The van der Waals surface area contributed by atoms with Crippen LogP contribution in [-0.4, -0.2) is 38.1 Å². The lowest BCUT2D eigenvalue weighted by Gasteiger charge is -2.16. The first-order valence-electron chi connectivity index (χ1n) is 8.48. The van der Waals surface area contributed by atoms with Crippen molar-refractivity contribution in [3.63, 3.8) is 0 Å². The number of hydrogen-bond acceptors (Lipinski definition) is 8. The number of carbonyl (C=O) groups excluding carboxylic acids is 4. The van der Waals surface area contributed by atoms with Crippen molar-refractivity contribution in [2.24, 2.45) is 11.8 Å². The third-order valence-corrected chi connectivity index (χ3v) is 3.88. The fourth-order valence-corrected chi connectivity index (χ4v) is 2.28. The minimum Gasteiger partial charge on any atom is -0.468 e. The second-order valence-electron chi connectivity index (χ2n) is 5.76. The number of hydrogen-bond donors (Lipinski definition) is 0. The first kappa shape index (κ1) is 22.1. The molecule has 1 aromatic rings. The van der Waals surface area contributed by atoms with Gasteiger partial charge in [-0.15, -0.1) is 0 Å². The van der Waals surface area contributed by atoms with Gasteiger partial charge < -0.3 is 18.9 Å². The Bertz CT molecular complexity index is 710. The molecule has 0 saturated heterocycles. The molecule has 1 aromatic carbocycles. The van der Waals surface area contributed by atoms with Gasteiger partial charge in [0, 0.05) is 0 Å². The molecule has 0 aromatic heterocycles. The predicted molar refractivity (Wildman–Crippen MR) is 94.0 cm³/mol. The summed E-state index contributed by atoms with van der Waals surface area (Å²) in [5.41, 5.74) is 0.740. The first-order chi connectivity index (χ1) is 12.8. The van der Waals surface area contributed by atoms with E-state index >= 15 is 0 Å². The Balaban J connectivity index is 3.08. The molecular weight excluding hydrogens is 356 g/mol. The van der Waals surface area contributed by atoms with E-state index in [9.17, 15) is 19.2 Å². The molecule has 0 N–H and O–H groups in total. The predicted octanol–water partition coefficient (Wildman–Crippen LogP) is 2.20. The standard InChI is InChI=1S/C19H24O8/c1-6-12(16(20)24-4)18(22)26-14-9-8-11(3)10-15(14)27-19(23)13(7-2)17(21)25-5/h8-10,12-13H,6-7H2,1-5H3. The average Bonchev–Trinajstić information content (AvgIpc) is 2.64. The molecule has 0 heterocycles. The second-order valence-corrected chi connectivity index (χ2v) is 5.76. The lowest BCUT2D eigenvalue weighted by atomic mass is 10.1.